The van der Waals surface area contributed by atoms with E-state index in [4.69, 9.17) is 14.2 Å². The topological polar surface area (TPSA) is 65.0 Å². The van der Waals surface area contributed by atoms with Crippen molar-refractivity contribution in [3.05, 3.63) is 50.2 Å². The normalized spacial score (nSPS) is 18.0. The van der Waals surface area contributed by atoms with Crippen molar-refractivity contribution in [3.8, 4) is 5.75 Å². The second-order valence-corrected chi connectivity index (χ2v) is 25.0. The molecule has 0 bridgehead atoms. The number of ether oxygens (including phenoxy) is 3. The van der Waals surface area contributed by atoms with E-state index in [0.29, 0.717) is 6.61 Å². The monoisotopic (exact) mass is 680 g/mol. The fourth-order valence-electron chi connectivity index (χ4n) is 3.51. The van der Waals surface area contributed by atoms with Gasteiger partial charge in [-0.1, -0.05) is 0 Å². The molecule has 7 heteroatoms. The van der Waals surface area contributed by atoms with Crippen molar-refractivity contribution >= 4 is 46.9 Å². The van der Waals surface area contributed by atoms with Crippen LogP contribution in [-0.2, 0) is 20.9 Å². The zero-order valence-electron chi connectivity index (χ0n) is 21.2. The molecule has 0 aliphatic carbocycles. The maximum absolute atomic E-state index is 12.3. The van der Waals surface area contributed by atoms with Crippen molar-refractivity contribution in [3.63, 3.8) is 0 Å². The second-order valence-electron chi connectivity index (χ2n) is 9.85. The molecular formula is C26H41IO5Sn. The minimum Gasteiger partial charge on any atom is -0.0196 e. The third-order valence-corrected chi connectivity index (χ3v) is 9.64. The van der Waals surface area contributed by atoms with Crippen molar-refractivity contribution in [1.29, 1.82) is 0 Å². The molecule has 0 heterocycles. The number of carbonyl (C=O) groups is 1. The van der Waals surface area contributed by atoms with E-state index in [0.717, 1.165) is 11.3 Å². The Balaban J connectivity index is 2.95. The molecular weight excluding hydrogens is 638 g/mol. The minimum atomic E-state index is -2.09. The molecule has 0 saturated heterocycles. The van der Waals surface area contributed by atoms with Gasteiger partial charge in [-0.05, 0) is 12.1 Å². The van der Waals surface area contributed by atoms with Crippen LogP contribution in [0.4, 0.5) is 0 Å². The van der Waals surface area contributed by atoms with E-state index < -0.39 is 36.6 Å². The van der Waals surface area contributed by atoms with Crippen LogP contribution in [0.15, 0.2) is 44.6 Å². The predicted molar refractivity (Wildman–Crippen MR) is 146 cm³/mol. The van der Waals surface area contributed by atoms with Gasteiger partial charge in [-0.3, -0.25) is 0 Å². The number of aliphatic hydroxyl groups excluding tert-OH is 1. The summed E-state index contributed by atoms with van der Waals surface area (Å²) in [5.41, 5.74) is 1.04. The van der Waals surface area contributed by atoms with E-state index >= 15 is 0 Å². The molecule has 5 nitrogen and oxygen atoms in total. The first-order valence-electron chi connectivity index (χ1n) is 11.5. The molecule has 1 aromatic rings. The number of carbonyl (C=O) groups excluding carboxylic acids is 1. The van der Waals surface area contributed by atoms with Gasteiger partial charge in [-0.25, -0.2) is 0 Å². The Bertz CT molecular complexity index is 772. The van der Waals surface area contributed by atoms with Gasteiger partial charge in [0.15, 0.2) is 0 Å². The summed E-state index contributed by atoms with van der Waals surface area (Å²) in [6.45, 7) is 8.42. The molecule has 0 aliphatic rings. The Hall–Kier alpha value is -0.581. The fraction of sp³-hybridized carbons (Fsp3) is 0.577. The van der Waals surface area contributed by atoms with Gasteiger partial charge in [0.1, 0.15) is 5.75 Å². The zero-order valence-corrected chi connectivity index (χ0v) is 26.3. The standard InChI is InChI=1S/C23H32IO5.3CH3.Sn/c1-7-15(2)22(26)17(4)23(29-21(25)12-13-24)16(3)18(5)28-14-19-8-10-20(27-6)11-9-19;;;;/h1,7-13,15-18,22-23,26H,14H2,2-6H3;3*1H3;/b7-1?,13-12+;;;;/t15-,16+,17+,18+,22-,23-;;;;/m0..../s1. The smallest absolute Gasteiger partial charge is 0.0196 e. The summed E-state index contributed by atoms with van der Waals surface area (Å²) in [5.74, 6) is -0.000472. The van der Waals surface area contributed by atoms with Crippen molar-refractivity contribution < 1.29 is 24.1 Å². The second kappa shape index (κ2) is 14.7. The summed E-state index contributed by atoms with van der Waals surface area (Å²) < 4.78 is 21.1. The fourth-order valence-corrected chi connectivity index (χ4v) is 6.32. The third kappa shape index (κ3) is 11.1. The molecule has 0 radical (unpaired) electrons. The minimum absolute atomic E-state index is 0.0278. The predicted octanol–water partition coefficient (Wildman–Crippen LogP) is 6.16. The average molecular weight is 679 g/mol. The van der Waals surface area contributed by atoms with Crippen molar-refractivity contribution in [2.24, 2.45) is 17.8 Å². The van der Waals surface area contributed by atoms with E-state index in [-0.39, 0.29) is 23.9 Å². The Morgan fingerprint density at radius 2 is 1.70 bits per heavy atom. The molecule has 186 valence electrons. The maximum atomic E-state index is 12.3. The number of esters is 1. The number of aliphatic hydroxyl groups is 1. The molecule has 0 spiro atoms. The van der Waals surface area contributed by atoms with Gasteiger partial charge in [-0.15, -0.1) is 0 Å². The third-order valence-electron chi connectivity index (χ3n) is 5.88. The SMILES string of the molecule is COc1ccc(CO[C@H](C)[C@@H](C)[C@H](OC(=O)/C=C/I)[C@H](C)[C@@H](O)[C@@H](C)/C=[CH]/[Sn]([CH3])([CH3])[CH3])cc1. The van der Waals surface area contributed by atoms with E-state index in [1.165, 1.54) is 6.08 Å². The quantitative estimate of drug-likeness (QED) is 0.117. The molecule has 1 aromatic carbocycles. The number of hydrogen-bond donors (Lipinski definition) is 1. The summed E-state index contributed by atoms with van der Waals surface area (Å²) in [5, 5.41) is 11.1. The Kier molecular flexibility index (Phi) is 13.6. The molecule has 0 aliphatic heterocycles. The molecule has 0 unspecified atom stereocenters. The molecule has 0 amide bonds. The summed E-state index contributed by atoms with van der Waals surface area (Å²) >= 11 is -0.0890. The average Bonchev–Trinajstić information content (AvgIpc) is 2.77. The van der Waals surface area contributed by atoms with Gasteiger partial charge < -0.3 is 4.74 Å². The van der Waals surface area contributed by atoms with Crippen LogP contribution in [0.1, 0.15) is 33.3 Å². The van der Waals surface area contributed by atoms with E-state index in [1.54, 1.807) is 11.2 Å². The molecule has 0 fully saturated rings. The number of methoxy groups -OCH3 is 1. The van der Waals surface area contributed by atoms with Gasteiger partial charge in [-0.2, -0.15) is 0 Å². The molecule has 1 rings (SSSR count). The zero-order chi connectivity index (χ0) is 25.2. The van der Waals surface area contributed by atoms with Crippen LogP contribution in [0.3, 0.4) is 0 Å². The van der Waals surface area contributed by atoms with Crippen LogP contribution >= 0.6 is 22.6 Å². The summed E-state index contributed by atoms with van der Waals surface area (Å²) in [7, 11) is 1.64. The van der Waals surface area contributed by atoms with Crippen LogP contribution < -0.4 is 4.74 Å². The first-order valence-corrected chi connectivity index (χ1v) is 22.9. The molecule has 1 N–H and O–H groups in total. The number of halogens is 1. The van der Waals surface area contributed by atoms with Crippen LogP contribution in [0.2, 0.25) is 14.8 Å². The Morgan fingerprint density at radius 3 is 2.21 bits per heavy atom. The van der Waals surface area contributed by atoms with Crippen LogP contribution in [0, 0.1) is 17.8 Å². The summed E-state index contributed by atoms with van der Waals surface area (Å²) in [6.07, 6.45) is 2.24. The van der Waals surface area contributed by atoms with E-state index in [1.807, 2.05) is 74.6 Å². The van der Waals surface area contributed by atoms with Gasteiger partial charge in [0.05, 0.1) is 7.11 Å². The first kappa shape index (κ1) is 30.4. The molecule has 33 heavy (non-hydrogen) atoms. The number of hydrogen-bond acceptors (Lipinski definition) is 5. The number of benzene rings is 1. The van der Waals surface area contributed by atoms with Crippen molar-refractivity contribution in [2.45, 2.75) is 67.4 Å². The van der Waals surface area contributed by atoms with Gasteiger partial charge in [0, 0.05) is 0 Å². The van der Waals surface area contributed by atoms with Gasteiger partial charge in [0.2, 0.25) is 0 Å². The molecule has 0 saturated carbocycles. The summed E-state index contributed by atoms with van der Waals surface area (Å²) in [6, 6.07) is 7.76. The van der Waals surface area contributed by atoms with Crippen molar-refractivity contribution in [2.75, 3.05) is 7.11 Å². The van der Waals surface area contributed by atoms with Gasteiger partial charge in [0.25, 0.3) is 0 Å². The van der Waals surface area contributed by atoms with Crippen molar-refractivity contribution in [1.82, 2.24) is 0 Å². The Morgan fingerprint density at radius 1 is 1.09 bits per heavy atom. The first-order chi connectivity index (χ1) is 15.4. The Labute approximate surface area is 218 Å². The number of rotatable bonds is 13. The molecule has 6 atom stereocenters. The van der Waals surface area contributed by atoms with Crippen LogP contribution in [0.5, 0.6) is 5.75 Å². The van der Waals surface area contributed by atoms with E-state index in [2.05, 4.69) is 25.0 Å². The summed E-state index contributed by atoms with van der Waals surface area (Å²) in [4.78, 5) is 19.3. The van der Waals surface area contributed by atoms with Gasteiger partial charge >= 0.3 is 190 Å². The molecule has 0 aromatic heterocycles. The van der Waals surface area contributed by atoms with E-state index in [9.17, 15) is 9.90 Å². The van der Waals surface area contributed by atoms with Crippen LogP contribution in [-0.4, -0.2) is 54.9 Å². The van der Waals surface area contributed by atoms with Crippen LogP contribution in [0.25, 0.3) is 0 Å².